The Kier molecular flexibility index (Phi) is 7.01. The van der Waals surface area contributed by atoms with Crippen molar-refractivity contribution < 1.29 is 19.1 Å². The summed E-state index contributed by atoms with van der Waals surface area (Å²) in [7, 11) is 0. The van der Waals surface area contributed by atoms with Gasteiger partial charge in [0.1, 0.15) is 0 Å². The van der Waals surface area contributed by atoms with Crippen LogP contribution in [0.1, 0.15) is 45.7 Å². The number of thiophene rings is 1. The van der Waals surface area contributed by atoms with Gasteiger partial charge in [0.2, 0.25) is 0 Å². The molecule has 0 radical (unpaired) electrons. The quantitative estimate of drug-likeness (QED) is 0.692. The van der Waals surface area contributed by atoms with Gasteiger partial charge in [0.15, 0.2) is 17.3 Å². The van der Waals surface area contributed by atoms with Crippen LogP contribution >= 0.6 is 11.3 Å². The van der Waals surface area contributed by atoms with Crippen LogP contribution in [-0.4, -0.2) is 31.4 Å². The maximum Gasteiger partial charge on any atom is 0.261 e. The summed E-state index contributed by atoms with van der Waals surface area (Å²) in [5.41, 5.74) is 1.06. The second-order valence-corrected chi connectivity index (χ2v) is 6.46. The highest BCUT2D eigenvalue weighted by atomic mass is 32.1. The molecule has 0 aliphatic carbocycles. The molecule has 5 nitrogen and oxygen atoms in total. The van der Waals surface area contributed by atoms with E-state index in [4.69, 9.17) is 9.47 Å². The second-order valence-electron chi connectivity index (χ2n) is 5.37. The number of Topliss-reactive ketones (excluding diaryl/α,β-unsaturated/α-hetero) is 1. The van der Waals surface area contributed by atoms with Crippen LogP contribution in [0.5, 0.6) is 11.5 Å². The molecule has 0 spiro atoms. The molecule has 6 heteroatoms. The minimum absolute atomic E-state index is 0.0260. The lowest BCUT2D eigenvalue weighted by atomic mass is 10.1. The number of ether oxygens (including phenoxy) is 2. The predicted molar refractivity (Wildman–Crippen MR) is 99.1 cm³/mol. The third-order valence-electron chi connectivity index (χ3n) is 3.48. The molecule has 0 saturated carbocycles. The first-order valence-electron chi connectivity index (χ1n) is 8.32. The summed E-state index contributed by atoms with van der Waals surface area (Å²) in [5, 5.41) is 2.88. The van der Waals surface area contributed by atoms with Crippen molar-refractivity contribution in [1.82, 2.24) is 5.32 Å². The Morgan fingerprint density at radius 3 is 2.32 bits per heavy atom. The predicted octanol–water partition coefficient (Wildman–Crippen LogP) is 3.72. The fourth-order valence-corrected chi connectivity index (χ4v) is 3.13. The van der Waals surface area contributed by atoms with E-state index in [0.29, 0.717) is 35.9 Å². The SMILES string of the molecule is CCOc1ccc(CCNC(=O)c2ccc(C(C)=O)s2)cc1OCC. The zero-order valence-corrected chi connectivity index (χ0v) is 15.6. The van der Waals surface area contributed by atoms with E-state index in [1.165, 1.54) is 18.3 Å². The Hall–Kier alpha value is -2.34. The lowest BCUT2D eigenvalue weighted by Gasteiger charge is -2.12. The van der Waals surface area contributed by atoms with E-state index >= 15 is 0 Å². The lowest BCUT2D eigenvalue weighted by molar-refractivity contribution is 0.0957. The summed E-state index contributed by atoms with van der Waals surface area (Å²) in [4.78, 5) is 24.6. The van der Waals surface area contributed by atoms with Gasteiger partial charge in [-0.3, -0.25) is 9.59 Å². The van der Waals surface area contributed by atoms with Gasteiger partial charge in [-0.25, -0.2) is 0 Å². The molecule has 0 atom stereocenters. The van der Waals surface area contributed by atoms with Gasteiger partial charge in [0.05, 0.1) is 23.0 Å². The molecule has 0 aliphatic rings. The van der Waals surface area contributed by atoms with E-state index in [1.54, 1.807) is 12.1 Å². The van der Waals surface area contributed by atoms with Crippen LogP contribution in [0.25, 0.3) is 0 Å². The molecular formula is C19H23NO4S. The van der Waals surface area contributed by atoms with Crippen LogP contribution < -0.4 is 14.8 Å². The molecule has 1 heterocycles. The molecule has 1 N–H and O–H groups in total. The zero-order valence-electron chi connectivity index (χ0n) is 14.8. The summed E-state index contributed by atoms with van der Waals surface area (Å²) in [6, 6.07) is 9.17. The normalized spacial score (nSPS) is 10.4. The van der Waals surface area contributed by atoms with Gasteiger partial charge in [0, 0.05) is 6.54 Å². The zero-order chi connectivity index (χ0) is 18.2. The van der Waals surface area contributed by atoms with Crippen molar-refractivity contribution in [2.75, 3.05) is 19.8 Å². The molecule has 0 fully saturated rings. The standard InChI is InChI=1S/C19H23NO4S/c1-4-23-15-7-6-14(12-16(15)24-5-2)10-11-20-19(22)18-9-8-17(25-18)13(3)21/h6-9,12H,4-5,10-11H2,1-3H3,(H,20,22). The van der Waals surface area contributed by atoms with E-state index in [2.05, 4.69) is 5.32 Å². The Bertz CT molecular complexity index is 739. The number of hydrogen-bond donors (Lipinski definition) is 1. The van der Waals surface area contributed by atoms with E-state index in [-0.39, 0.29) is 11.7 Å². The molecule has 1 amide bonds. The minimum atomic E-state index is -0.159. The van der Waals surface area contributed by atoms with Gasteiger partial charge in [-0.15, -0.1) is 11.3 Å². The van der Waals surface area contributed by atoms with Gasteiger partial charge < -0.3 is 14.8 Å². The average Bonchev–Trinajstić information content (AvgIpc) is 3.08. The molecule has 0 saturated heterocycles. The van der Waals surface area contributed by atoms with Crippen LogP contribution in [-0.2, 0) is 6.42 Å². The van der Waals surface area contributed by atoms with Crippen molar-refractivity contribution >= 4 is 23.0 Å². The Morgan fingerprint density at radius 1 is 1.00 bits per heavy atom. The number of carbonyl (C=O) groups excluding carboxylic acids is 2. The number of hydrogen-bond acceptors (Lipinski definition) is 5. The van der Waals surface area contributed by atoms with E-state index in [0.717, 1.165) is 17.1 Å². The summed E-state index contributed by atoms with van der Waals surface area (Å²) in [6.45, 7) is 7.01. The summed E-state index contributed by atoms with van der Waals surface area (Å²) in [6.07, 6.45) is 0.684. The molecule has 25 heavy (non-hydrogen) atoms. The van der Waals surface area contributed by atoms with Gasteiger partial charge in [-0.1, -0.05) is 6.07 Å². The number of rotatable bonds is 9. The summed E-state index contributed by atoms with van der Waals surface area (Å²) in [5.74, 6) is 1.26. The molecule has 2 rings (SSSR count). The third-order valence-corrected chi connectivity index (χ3v) is 4.67. The van der Waals surface area contributed by atoms with Crippen molar-refractivity contribution in [3.8, 4) is 11.5 Å². The number of amides is 1. The van der Waals surface area contributed by atoms with Crippen LogP contribution in [0, 0.1) is 0 Å². The van der Waals surface area contributed by atoms with Crippen LogP contribution in [0.4, 0.5) is 0 Å². The van der Waals surface area contributed by atoms with Crippen molar-refractivity contribution in [1.29, 1.82) is 0 Å². The highest BCUT2D eigenvalue weighted by Crippen LogP contribution is 2.28. The van der Waals surface area contributed by atoms with Crippen molar-refractivity contribution in [3.05, 3.63) is 45.6 Å². The van der Waals surface area contributed by atoms with Crippen LogP contribution in [0.15, 0.2) is 30.3 Å². The molecule has 134 valence electrons. The first-order valence-corrected chi connectivity index (χ1v) is 9.14. The molecule has 1 aromatic carbocycles. The smallest absolute Gasteiger partial charge is 0.261 e. The topological polar surface area (TPSA) is 64.6 Å². The number of benzene rings is 1. The van der Waals surface area contributed by atoms with Gasteiger partial charge in [-0.2, -0.15) is 0 Å². The van der Waals surface area contributed by atoms with Crippen LogP contribution in [0.3, 0.4) is 0 Å². The number of nitrogens with one attached hydrogen (secondary N) is 1. The highest BCUT2D eigenvalue weighted by Gasteiger charge is 2.11. The average molecular weight is 361 g/mol. The van der Waals surface area contributed by atoms with E-state index in [1.807, 2.05) is 32.0 Å². The largest absolute Gasteiger partial charge is 0.490 e. The third kappa shape index (κ3) is 5.32. The number of ketones is 1. The lowest BCUT2D eigenvalue weighted by Crippen LogP contribution is -2.24. The molecule has 1 aromatic heterocycles. The minimum Gasteiger partial charge on any atom is -0.490 e. The van der Waals surface area contributed by atoms with Crippen LogP contribution in [0.2, 0.25) is 0 Å². The summed E-state index contributed by atoms with van der Waals surface area (Å²) < 4.78 is 11.2. The second kappa shape index (κ2) is 9.22. The van der Waals surface area contributed by atoms with E-state index in [9.17, 15) is 9.59 Å². The fraction of sp³-hybridized carbons (Fsp3) is 0.368. The van der Waals surface area contributed by atoms with Crippen molar-refractivity contribution in [3.63, 3.8) is 0 Å². The maximum absolute atomic E-state index is 12.1. The highest BCUT2D eigenvalue weighted by molar-refractivity contribution is 7.15. The first-order chi connectivity index (χ1) is 12.0. The maximum atomic E-state index is 12.1. The molecular weight excluding hydrogens is 338 g/mol. The first kappa shape index (κ1) is 19.0. The Balaban J connectivity index is 1.93. The van der Waals surface area contributed by atoms with Crippen molar-refractivity contribution in [2.45, 2.75) is 27.2 Å². The molecule has 0 bridgehead atoms. The molecule has 0 aliphatic heterocycles. The molecule has 0 unspecified atom stereocenters. The summed E-state index contributed by atoms with van der Waals surface area (Å²) >= 11 is 1.21. The van der Waals surface area contributed by atoms with Crippen molar-refractivity contribution in [2.24, 2.45) is 0 Å². The fourth-order valence-electron chi connectivity index (χ4n) is 2.31. The van der Waals surface area contributed by atoms with Gasteiger partial charge >= 0.3 is 0 Å². The molecule has 2 aromatic rings. The van der Waals surface area contributed by atoms with Gasteiger partial charge in [-0.05, 0) is 57.0 Å². The van der Waals surface area contributed by atoms with Gasteiger partial charge in [0.25, 0.3) is 5.91 Å². The number of carbonyl (C=O) groups is 2. The Labute approximate surface area is 152 Å². The monoisotopic (exact) mass is 361 g/mol. The van der Waals surface area contributed by atoms with E-state index < -0.39 is 0 Å². The Morgan fingerprint density at radius 2 is 1.68 bits per heavy atom.